The zero-order chi connectivity index (χ0) is 16.1. The highest BCUT2D eigenvalue weighted by Gasteiger charge is 2.20. The van der Waals surface area contributed by atoms with Crippen molar-refractivity contribution in [3.8, 4) is 0 Å². The van der Waals surface area contributed by atoms with Crippen LogP contribution in [-0.2, 0) is 6.42 Å². The second-order valence-corrected chi connectivity index (χ2v) is 6.23. The monoisotopic (exact) mass is 310 g/mol. The molecular weight excluding hydrogens is 284 g/mol. The van der Waals surface area contributed by atoms with E-state index in [2.05, 4.69) is 41.0 Å². The van der Waals surface area contributed by atoms with Crippen LogP contribution in [0, 0.1) is 0 Å². The van der Waals surface area contributed by atoms with E-state index in [1.807, 2.05) is 30.3 Å². The Labute approximate surface area is 139 Å². The zero-order valence-corrected chi connectivity index (χ0v) is 13.9. The molecule has 0 radical (unpaired) electrons. The van der Waals surface area contributed by atoms with Gasteiger partial charge in [-0.2, -0.15) is 0 Å². The molecule has 0 amide bonds. The lowest BCUT2D eigenvalue weighted by atomic mass is 10.1. The van der Waals surface area contributed by atoms with Gasteiger partial charge in [0.1, 0.15) is 0 Å². The van der Waals surface area contributed by atoms with Gasteiger partial charge in [0.2, 0.25) is 0 Å². The lowest BCUT2D eigenvalue weighted by Crippen LogP contribution is -2.47. The molecule has 0 bridgehead atoms. The van der Waals surface area contributed by atoms with Crippen molar-refractivity contribution in [2.45, 2.75) is 19.4 Å². The maximum absolute atomic E-state index is 10.4. The lowest BCUT2D eigenvalue weighted by Gasteiger charge is -2.37. The Bertz CT molecular complexity index is 589. The highest BCUT2D eigenvalue weighted by Crippen LogP contribution is 2.19. The summed E-state index contributed by atoms with van der Waals surface area (Å²) in [5.41, 5.74) is 3.70. The molecule has 0 unspecified atom stereocenters. The first kappa shape index (κ1) is 16.0. The fourth-order valence-corrected chi connectivity index (χ4v) is 3.16. The Morgan fingerprint density at radius 2 is 1.57 bits per heavy atom. The van der Waals surface area contributed by atoms with Gasteiger partial charge in [-0.1, -0.05) is 49.4 Å². The number of anilines is 1. The highest BCUT2D eigenvalue weighted by molar-refractivity contribution is 5.48. The van der Waals surface area contributed by atoms with Crippen molar-refractivity contribution < 1.29 is 5.11 Å². The van der Waals surface area contributed by atoms with Crippen LogP contribution in [0.1, 0.15) is 24.2 Å². The van der Waals surface area contributed by atoms with Crippen molar-refractivity contribution in [1.29, 1.82) is 0 Å². The molecule has 1 heterocycles. The van der Waals surface area contributed by atoms with Crippen LogP contribution in [0.2, 0.25) is 0 Å². The predicted octanol–water partition coefficient (Wildman–Crippen LogP) is 3.10. The van der Waals surface area contributed by atoms with Gasteiger partial charge < -0.3 is 10.0 Å². The largest absolute Gasteiger partial charge is 0.387 e. The molecule has 1 aliphatic rings. The molecule has 1 saturated heterocycles. The summed E-state index contributed by atoms with van der Waals surface area (Å²) in [5, 5.41) is 10.4. The number of nitrogens with zero attached hydrogens (tertiary/aromatic N) is 2. The van der Waals surface area contributed by atoms with E-state index in [0.717, 1.165) is 38.2 Å². The van der Waals surface area contributed by atoms with E-state index in [4.69, 9.17) is 0 Å². The average molecular weight is 310 g/mol. The van der Waals surface area contributed by atoms with Crippen molar-refractivity contribution in [3.05, 3.63) is 65.7 Å². The molecule has 23 heavy (non-hydrogen) atoms. The first-order valence-electron chi connectivity index (χ1n) is 8.55. The summed E-state index contributed by atoms with van der Waals surface area (Å²) >= 11 is 0. The first-order valence-corrected chi connectivity index (χ1v) is 8.55. The van der Waals surface area contributed by atoms with Gasteiger partial charge in [-0.25, -0.2) is 0 Å². The third-order valence-corrected chi connectivity index (χ3v) is 4.70. The first-order chi connectivity index (χ1) is 11.3. The van der Waals surface area contributed by atoms with Crippen LogP contribution in [0.3, 0.4) is 0 Å². The van der Waals surface area contributed by atoms with E-state index in [1.165, 1.54) is 11.3 Å². The molecule has 3 rings (SSSR count). The van der Waals surface area contributed by atoms with E-state index in [9.17, 15) is 5.11 Å². The number of piperazine rings is 1. The van der Waals surface area contributed by atoms with Crippen molar-refractivity contribution in [2.24, 2.45) is 0 Å². The maximum atomic E-state index is 10.4. The molecule has 1 aliphatic heterocycles. The molecule has 122 valence electrons. The number of hydrogen-bond acceptors (Lipinski definition) is 3. The minimum atomic E-state index is -0.397. The van der Waals surface area contributed by atoms with Crippen LogP contribution in [0.5, 0.6) is 0 Å². The van der Waals surface area contributed by atoms with Gasteiger partial charge in [-0.3, -0.25) is 4.90 Å². The van der Waals surface area contributed by atoms with Crippen molar-refractivity contribution in [3.63, 3.8) is 0 Å². The second-order valence-electron chi connectivity index (χ2n) is 6.23. The molecular formula is C20H26N2O. The van der Waals surface area contributed by atoms with Gasteiger partial charge in [-0.15, -0.1) is 0 Å². The molecule has 3 nitrogen and oxygen atoms in total. The van der Waals surface area contributed by atoms with Crippen LogP contribution in [0.15, 0.2) is 54.6 Å². The SMILES string of the molecule is CCc1ccc(N2CCN(C[C@H](O)c3ccccc3)CC2)cc1. The fraction of sp³-hybridized carbons (Fsp3) is 0.400. The predicted molar refractivity (Wildman–Crippen MR) is 95.9 cm³/mol. The number of aliphatic hydroxyl groups is 1. The molecule has 1 N–H and O–H groups in total. The van der Waals surface area contributed by atoms with Crippen molar-refractivity contribution >= 4 is 5.69 Å². The van der Waals surface area contributed by atoms with Crippen LogP contribution in [0.4, 0.5) is 5.69 Å². The summed E-state index contributed by atoms with van der Waals surface area (Å²) in [5.74, 6) is 0. The summed E-state index contributed by atoms with van der Waals surface area (Å²) in [6.07, 6.45) is 0.692. The zero-order valence-electron chi connectivity index (χ0n) is 13.9. The van der Waals surface area contributed by atoms with Gasteiger partial charge in [-0.05, 0) is 29.7 Å². The van der Waals surface area contributed by atoms with Crippen LogP contribution >= 0.6 is 0 Å². The summed E-state index contributed by atoms with van der Waals surface area (Å²) in [7, 11) is 0. The Balaban J connectivity index is 1.52. The van der Waals surface area contributed by atoms with E-state index in [1.54, 1.807) is 0 Å². The van der Waals surface area contributed by atoms with Gasteiger partial charge in [0.25, 0.3) is 0 Å². The molecule has 3 heteroatoms. The molecule has 0 saturated carbocycles. The molecule has 0 aromatic heterocycles. The highest BCUT2D eigenvalue weighted by atomic mass is 16.3. The standard InChI is InChI=1S/C20H26N2O/c1-2-17-8-10-19(11-9-17)22-14-12-21(13-15-22)16-20(23)18-6-4-3-5-7-18/h3-11,20,23H,2,12-16H2,1H3/t20-/m0/s1. The Kier molecular flexibility index (Phi) is 5.31. The van der Waals surface area contributed by atoms with Gasteiger partial charge in [0.15, 0.2) is 0 Å². The Morgan fingerprint density at radius 1 is 0.913 bits per heavy atom. The number of β-amino-alcohol motifs (C(OH)–C–C–N with tert-alkyl or cyclic N) is 1. The van der Waals surface area contributed by atoms with Crippen molar-refractivity contribution in [2.75, 3.05) is 37.6 Å². The molecule has 2 aromatic rings. The molecule has 2 aromatic carbocycles. The Hall–Kier alpha value is -1.84. The minimum Gasteiger partial charge on any atom is -0.387 e. The lowest BCUT2D eigenvalue weighted by molar-refractivity contribution is 0.109. The third kappa shape index (κ3) is 4.12. The molecule has 1 fully saturated rings. The molecule has 1 atom stereocenters. The minimum absolute atomic E-state index is 0.397. The summed E-state index contributed by atoms with van der Waals surface area (Å²) < 4.78 is 0. The normalized spacial score (nSPS) is 17.2. The van der Waals surface area contributed by atoms with Crippen molar-refractivity contribution in [1.82, 2.24) is 4.90 Å². The molecule has 0 aliphatic carbocycles. The van der Waals surface area contributed by atoms with E-state index >= 15 is 0 Å². The maximum Gasteiger partial charge on any atom is 0.0916 e. The van der Waals surface area contributed by atoms with E-state index in [-0.39, 0.29) is 0 Å². The summed E-state index contributed by atoms with van der Waals surface area (Å²) in [6, 6.07) is 18.8. The van der Waals surface area contributed by atoms with Gasteiger partial charge in [0.05, 0.1) is 6.10 Å². The number of aryl methyl sites for hydroxylation is 1. The number of aliphatic hydroxyl groups excluding tert-OH is 1. The number of rotatable bonds is 5. The van der Waals surface area contributed by atoms with Gasteiger partial charge >= 0.3 is 0 Å². The van der Waals surface area contributed by atoms with Gasteiger partial charge in [0, 0.05) is 38.4 Å². The van der Waals surface area contributed by atoms with E-state index in [0.29, 0.717) is 6.54 Å². The molecule has 0 spiro atoms. The smallest absolute Gasteiger partial charge is 0.0916 e. The van der Waals surface area contributed by atoms with Crippen LogP contribution < -0.4 is 4.90 Å². The fourth-order valence-electron chi connectivity index (χ4n) is 3.16. The number of benzene rings is 2. The van der Waals surface area contributed by atoms with E-state index < -0.39 is 6.10 Å². The van der Waals surface area contributed by atoms with Crippen LogP contribution in [-0.4, -0.2) is 42.7 Å². The second kappa shape index (κ2) is 7.62. The average Bonchev–Trinajstić information content (AvgIpc) is 2.63. The number of hydrogen-bond donors (Lipinski definition) is 1. The summed E-state index contributed by atoms with van der Waals surface area (Å²) in [6.45, 7) is 6.94. The third-order valence-electron chi connectivity index (χ3n) is 4.70. The summed E-state index contributed by atoms with van der Waals surface area (Å²) in [4.78, 5) is 4.79. The topological polar surface area (TPSA) is 26.7 Å². The quantitative estimate of drug-likeness (QED) is 0.919. The Morgan fingerprint density at radius 3 is 2.17 bits per heavy atom. The van der Waals surface area contributed by atoms with Crippen LogP contribution in [0.25, 0.3) is 0 Å².